The van der Waals surface area contributed by atoms with Crippen LogP contribution in [0.5, 0.6) is 5.88 Å². The van der Waals surface area contributed by atoms with Gasteiger partial charge in [-0.3, -0.25) is 4.98 Å². The van der Waals surface area contributed by atoms with Crippen LogP contribution in [0.1, 0.15) is 25.5 Å². The summed E-state index contributed by atoms with van der Waals surface area (Å²) >= 11 is 0. The van der Waals surface area contributed by atoms with Gasteiger partial charge in [0.05, 0.1) is 31.3 Å². The van der Waals surface area contributed by atoms with E-state index in [0.717, 1.165) is 12.8 Å². The molecule has 0 fully saturated rings. The lowest BCUT2D eigenvalue weighted by atomic mass is 9.85. The molecule has 17 heavy (non-hydrogen) atoms. The average Bonchev–Trinajstić information content (AvgIpc) is 2.38. The highest BCUT2D eigenvalue weighted by Gasteiger charge is 2.19. The minimum Gasteiger partial charge on any atom is -0.476 e. The fourth-order valence-electron chi connectivity index (χ4n) is 1.96. The monoisotopic (exact) mass is 234 g/mol. The maximum atomic E-state index is 8.95. The van der Waals surface area contributed by atoms with E-state index in [1.807, 2.05) is 0 Å². The molecule has 0 aromatic carbocycles. The number of ether oxygens (including phenoxy) is 1. The summed E-state index contributed by atoms with van der Waals surface area (Å²) in [7, 11) is 0. The van der Waals surface area contributed by atoms with E-state index in [1.54, 1.807) is 12.4 Å². The number of rotatable bonds is 4. The molecule has 2 rings (SSSR count). The van der Waals surface area contributed by atoms with E-state index in [-0.39, 0.29) is 6.61 Å². The van der Waals surface area contributed by atoms with Gasteiger partial charge in [-0.1, -0.05) is 19.1 Å². The number of nitrogens with zero attached hydrogens (tertiary/aromatic N) is 2. The lowest BCUT2D eigenvalue weighted by Crippen LogP contribution is -2.21. The van der Waals surface area contributed by atoms with Gasteiger partial charge >= 0.3 is 0 Å². The molecule has 1 aromatic heterocycles. The molecule has 1 heterocycles. The second-order valence-electron chi connectivity index (χ2n) is 4.50. The minimum absolute atomic E-state index is 0.104. The van der Waals surface area contributed by atoms with Crippen molar-refractivity contribution in [3.8, 4) is 5.88 Å². The van der Waals surface area contributed by atoms with Crippen LogP contribution in [0.25, 0.3) is 0 Å². The van der Waals surface area contributed by atoms with Crippen molar-refractivity contribution < 1.29 is 9.84 Å². The van der Waals surface area contributed by atoms with Gasteiger partial charge in [0.15, 0.2) is 0 Å². The van der Waals surface area contributed by atoms with Gasteiger partial charge in [0.25, 0.3) is 0 Å². The number of allylic oxidation sites excluding steroid dienone is 2. The molecule has 1 aliphatic carbocycles. The summed E-state index contributed by atoms with van der Waals surface area (Å²) in [5, 5.41) is 8.95. The van der Waals surface area contributed by atoms with E-state index in [4.69, 9.17) is 9.84 Å². The van der Waals surface area contributed by atoms with Gasteiger partial charge in [0, 0.05) is 0 Å². The largest absolute Gasteiger partial charge is 0.476 e. The fourth-order valence-corrected chi connectivity index (χ4v) is 1.96. The van der Waals surface area contributed by atoms with Crippen LogP contribution >= 0.6 is 0 Å². The smallest absolute Gasteiger partial charge is 0.232 e. The first-order valence-corrected chi connectivity index (χ1v) is 5.99. The predicted octanol–water partition coefficient (Wildman–Crippen LogP) is 1.95. The second kappa shape index (κ2) is 5.77. The van der Waals surface area contributed by atoms with Crippen molar-refractivity contribution in [3.63, 3.8) is 0 Å². The van der Waals surface area contributed by atoms with E-state index in [2.05, 4.69) is 29.0 Å². The molecule has 0 aliphatic heterocycles. The Hall–Kier alpha value is -1.42. The van der Waals surface area contributed by atoms with Crippen LogP contribution in [0.3, 0.4) is 0 Å². The van der Waals surface area contributed by atoms with Gasteiger partial charge in [0.1, 0.15) is 0 Å². The zero-order valence-corrected chi connectivity index (χ0v) is 10.0. The van der Waals surface area contributed by atoms with Gasteiger partial charge in [-0.2, -0.15) is 0 Å². The molecule has 0 saturated heterocycles. The Kier molecular flexibility index (Phi) is 4.09. The van der Waals surface area contributed by atoms with Gasteiger partial charge in [-0.25, -0.2) is 4.98 Å². The van der Waals surface area contributed by atoms with Crippen molar-refractivity contribution >= 4 is 0 Å². The third-order valence-electron chi connectivity index (χ3n) is 3.19. The van der Waals surface area contributed by atoms with E-state index in [0.29, 0.717) is 30.0 Å². The highest BCUT2D eigenvalue weighted by atomic mass is 16.5. The van der Waals surface area contributed by atoms with Crippen LogP contribution in [-0.2, 0) is 6.61 Å². The molecule has 0 radical (unpaired) electrons. The summed E-state index contributed by atoms with van der Waals surface area (Å²) in [6.07, 6.45) is 9.75. The van der Waals surface area contributed by atoms with E-state index in [1.165, 1.54) is 0 Å². The van der Waals surface area contributed by atoms with Crippen molar-refractivity contribution in [3.05, 3.63) is 30.2 Å². The maximum absolute atomic E-state index is 8.95. The molecule has 1 aliphatic rings. The number of hydrogen-bond donors (Lipinski definition) is 1. The number of aromatic nitrogens is 2. The molecule has 4 heteroatoms. The van der Waals surface area contributed by atoms with Crippen molar-refractivity contribution in [2.24, 2.45) is 11.8 Å². The molecule has 1 N–H and O–H groups in total. The lowest BCUT2D eigenvalue weighted by molar-refractivity contribution is 0.190. The normalized spacial score (nSPS) is 23.6. The van der Waals surface area contributed by atoms with E-state index < -0.39 is 0 Å². The first kappa shape index (κ1) is 12.0. The first-order chi connectivity index (χ1) is 8.29. The molecular formula is C13H18N2O2. The lowest BCUT2D eigenvalue weighted by Gasteiger charge is -2.24. The average molecular weight is 234 g/mol. The van der Waals surface area contributed by atoms with Crippen molar-refractivity contribution in [2.45, 2.75) is 26.4 Å². The summed E-state index contributed by atoms with van der Waals surface area (Å²) in [5.74, 6) is 1.69. The molecule has 0 saturated carbocycles. The number of aliphatic hydroxyl groups excluding tert-OH is 1. The van der Waals surface area contributed by atoms with Crippen LogP contribution in [0.2, 0.25) is 0 Å². The quantitative estimate of drug-likeness (QED) is 0.809. The topological polar surface area (TPSA) is 55.2 Å². The van der Waals surface area contributed by atoms with Crippen LogP contribution in [-0.4, -0.2) is 21.7 Å². The van der Waals surface area contributed by atoms with Gasteiger partial charge < -0.3 is 9.84 Å². The Morgan fingerprint density at radius 1 is 1.35 bits per heavy atom. The van der Waals surface area contributed by atoms with Crippen molar-refractivity contribution in [1.82, 2.24) is 9.97 Å². The van der Waals surface area contributed by atoms with Crippen LogP contribution < -0.4 is 4.74 Å². The molecular weight excluding hydrogens is 216 g/mol. The molecule has 0 spiro atoms. The van der Waals surface area contributed by atoms with E-state index >= 15 is 0 Å². The third kappa shape index (κ3) is 3.27. The summed E-state index contributed by atoms with van der Waals surface area (Å²) in [6, 6.07) is 0. The zero-order chi connectivity index (χ0) is 12.1. The zero-order valence-electron chi connectivity index (χ0n) is 10.0. The Morgan fingerprint density at radius 3 is 2.94 bits per heavy atom. The maximum Gasteiger partial charge on any atom is 0.232 e. The fraction of sp³-hybridized carbons (Fsp3) is 0.538. The molecule has 0 amide bonds. The molecule has 2 atom stereocenters. The minimum atomic E-state index is -0.104. The van der Waals surface area contributed by atoms with Gasteiger partial charge in [0.2, 0.25) is 5.88 Å². The predicted molar refractivity (Wildman–Crippen MR) is 64.5 cm³/mol. The Bertz CT molecular complexity index is 393. The molecule has 2 unspecified atom stereocenters. The molecule has 0 bridgehead atoms. The van der Waals surface area contributed by atoms with Crippen molar-refractivity contribution in [1.29, 1.82) is 0 Å². The Morgan fingerprint density at radius 2 is 2.18 bits per heavy atom. The van der Waals surface area contributed by atoms with Crippen LogP contribution in [0, 0.1) is 11.8 Å². The molecule has 4 nitrogen and oxygen atoms in total. The molecule has 92 valence electrons. The highest BCUT2D eigenvalue weighted by molar-refractivity contribution is 5.07. The summed E-state index contributed by atoms with van der Waals surface area (Å²) in [6.45, 7) is 2.80. The summed E-state index contributed by atoms with van der Waals surface area (Å²) in [5.41, 5.74) is 0.541. The third-order valence-corrected chi connectivity index (χ3v) is 3.19. The van der Waals surface area contributed by atoms with Crippen molar-refractivity contribution in [2.75, 3.05) is 6.61 Å². The SMILES string of the molecule is CC1CC=CCC1COc1cncc(CO)n1. The Balaban J connectivity index is 1.90. The van der Waals surface area contributed by atoms with Gasteiger partial charge in [-0.05, 0) is 24.7 Å². The Labute approximate surface area is 101 Å². The standard InChI is InChI=1S/C13H18N2O2/c1-10-4-2-3-5-11(10)9-17-13-7-14-6-12(8-16)15-13/h2-3,6-7,10-11,16H,4-5,8-9H2,1H3. The number of aliphatic hydroxyl groups is 1. The van der Waals surface area contributed by atoms with Crippen LogP contribution in [0.15, 0.2) is 24.5 Å². The van der Waals surface area contributed by atoms with E-state index in [9.17, 15) is 0 Å². The summed E-state index contributed by atoms with van der Waals surface area (Å²) in [4.78, 5) is 8.12. The number of hydrogen-bond acceptors (Lipinski definition) is 4. The van der Waals surface area contributed by atoms with Gasteiger partial charge in [-0.15, -0.1) is 0 Å². The summed E-state index contributed by atoms with van der Waals surface area (Å²) < 4.78 is 5.64. The first-order valence-electron chi connectivity index (χ1n) is 5.99. The van der Waals surface area contributed by atoms with Crippen LogP contribution in [0.4, 0.5) is 0 Å². The molecule has 1 aromatic rings. The second-order valence-corrected chi connectivity index (χ2v) is 4.50. The highest BCUT2D eigenvalue weighted by Crippen LogP contribution is 2.25.